The van der Waals surface area contributed by atoms with Gasteiger partial charge in [-0.25, -0.2) is 4.98 Å². The molecule has 0 fully saturated rings. The standard InChI is InChI=1S/C33H36N4O2/c1-4-6-11-31-36-29-17-16-27(35-32(39)21-33(3,5-2)18-19-38)20-30(29)37(31)23-24-12-14-25(15-13-24)28-10-8-7-9-26(28)22-34/h7-10,12-17,19-20H,4-6,11,18,21,23H2,1-3H3,(H,35,39). The normalized spacial score (nSPS) is 12.6. The number of nitrogens with zero attached hydrogens (tertiary/aromatic N) is 3. The van der Waals surface area contributed by atoms with Gasteiger partial charge in [-0.1, -0.05) is 69.7 Å². The summed E-state index contributed by atoms with van der Waals surface area (Å²) >= 11 is 0. The van der Waals surface area contributed by atoms with Crippen LogP contribution in [0.3, 0.4) is 0 Å². The van der Waals surface area contributed by atoms with Crippen molar-refractivity contribution < 1.29 is 9.59 Å². The van der Waals surface area contributed by atoms with Gasteiger partial charge in [0.05, 0.1) is 22.7 Å². The molecule has 0 saturated heterocycles. The molecule has 3 aromatic carbocycles. The second kappa shape index (κ2) is 12.5. The number of benzene rings is 3. The first-order valence-electron chi connectivity index (χ1n) is 13.7. The predicted molar refractivity (Wildman–Crippen MR) is 156 cm³/mol. The molecule has 1 N–H and O–H groups in total. The number of rotatable bonds is 12. The maximum Gasteiger partial charge on any atom is 0.224 e. The van der Waals surface area contributed by atoms with Gasteiger partial charge in [0.25, 0.3) is 0 Å². The maximum absolute atomic E-state index is 12.8. The van der Waals surface area contributed by atoms with Crippen LogP contribution in [0.4, 0.5) is 5.69 Å². The van der Waals surface area contributed by atoms with Crippen LogP contribution in [0.25, 0.3) is 22.2 Å². The van der Waals surface area contributed by atoms with Gasteiger partial charge in [-0.2, -0.15) is 5.26 Å². The molecule has 1 unspecified atom stereocenters. The molecule has 1 amide bonds. The molecule has 0 spiro atoms. The monoisotopic (exact) mass is 520 g/mol. The van der Waals surface area contributed by atoms with E-state index in [0.29, 0.717) is 24.9 Å². The van der Waals surface area contributed by atoms with Gasteiger partial charge in [-0.15, -0.1) is 0 Å². The smallest absolute Gasteiger partial charge is 0.224 e. The number of carbonyl (C=O) groups excluding carboxylic acids is 2. The van der Waals surface area contributed by atoms with E-state index in [1.54, 1.807) is 0 Å². The number of fused-ring (bicyclic) bond motifs is 1. The fourth-order valence-corrected chi connectivity index (χ4v) is 4.89. The Kier molecular flexibility index (Phi) is 8.93. The van der Waals surface area contributed by atoms with Crippen LogP contribution in [0.2, 0.25) is 0 Å². The molecule has 39 heavy (non-hydrogen) atoms. The summed E-state index contributed by atoms with van der Waals surface area (Å²) in [7, 11) is 0. The van der Waals surface area contributed by atoms with Crippen LogP contribution in [-0.2, 0) is 22.6 Å². The Bertz CT molecular complexity index is 1500. The highest BCUT2D eigenvalue weighted by Gasteiger charge is 2.25. The quantitative estimate of drug-likeness (QED) is 0.199. The Hall–Kier alpha value is -4.24. The third-order valence-corrected chi connectivity index (χ3v) is 7.54. The fourth-order valence-electron chi connectivity index (χ4n) is 4.89. The lowest BCUT2D eigenvalue weighted by Gasteiger charge is -2.24. The Morgan fingerprint density at radius 3 is 2.56 bits per heavy atom. The summed E-state index contributed by atoms with van der Waals surface area (Å²) in [5, 5.41) is 12.5. The topological polar surface area (TPSA) is 87.8 Å². The maximum atomic E-state index is 12.8. The molecule has 6 nitrogen and oxygen atoms in total. The predicted octanol–water partition coefficient (Wildman–Crippen LogP) is 7.30. The lowest BCUT2D eigenvalue weighted by molar-refractivity contribution is -0.119. The molecule has 4 rings (SSSR count). The van der Waals surface area contributed by atoms with Crippen molar-refractivity contribution >= 4 is 28.9 Å². The van der Waals surface area contributed by atoms with Crippen LogP contribution in [0.5, 0.6) is 0 Å². The number of aldehydes is 1. The third-order valence-electron chi connectivity index (χ3n) is 7.54. The molecule has 0 radical (unpaired) electrons. The number of carbonyl (C=O) groups is 2. The molecule has 1 aromatic heterocycles. The summed E-state index contributed by atoms with van der Waals surface area (Å²) in [4.78, 5) is 28.9. The van der Waals surface area contributed by atoms with Crippen molar-refractivity contribution in [3.05, 3.63) is 83.7 Å². The van der Waals surface area contributed by atoms with Crippen molar-refractivity contribution in [1.82, 2.24) is 9.55 Å². The van der Waals surface area contributed by atoms with Crippen LogP contribution in [0, 0.1) is 16.7 Å². The van der Waals surface area contributed by atoms with Crippen molar-refractivity contribution in [2.45, 2.75) is 65.8 Å². The van der Waals surface area contributed by atoms with E-state index < -0.39 is 0 Å². The molecule has 0 aliphatic rings. The van der Waals surface area contributed by atoms with Crippen LogP contribution >= 0.6 is 0 Å². The minimum Gasteiger partial charge on any atom is -0.326 e. The van der Waals surface area contributed by atoms with Gasteiger partial charge in [0, 0.05) is 31.5 Å². The summed E-state index contributed by atoms with van der Waals surface area (Å²) in [5.74, 6) is 0.935. The Balaban J connectivity index is 1.61. The highest BCUT2D eigenvalue weighted by molar-refractivity contribution is 5.93. The molecule has 1 atom stereocenters. The highest BCUT2D eigenvalue weighted by Crippen LogP contribution is 2.30. The van der Waals surface area contributed by atoms with Gasteiger partial charge >= 0.3 is 0 Å². The molecular formula is C33H36N4O2. The number of anilines is 1. The Morgan fingerprint density at radius 2 is 1.87 bits per heavy atom. The number of nitriles is 1. The number of hydrogen-bond acceptors (Lipinski definition) is 4. The number of imidazole rings is 1. The van der Waals surface area contributed by atoms with Gasteiger partial charge in [-0.3, -0.25) is 4.79 Å². The lowest BCUT2D eigenvalue weighted by atomic mass is 9.81. The van der Waals surface area contributed by atoms with Crippen molar-refractivity contribution in [1.29, 1.82) is 5.26 Å². The fraction of sp³-hybridized carbons (Fsp3) is 0.333. The van der Waals surface area contributed by atoms with Crippen LogP contribution in [0.1, 0.15) is 69.8 Å². The molecule has 0 aliphatic heterocycles. The van der Waals surface area contributed by atoms with E-state index in [1.165, 1.54) is 0 Å². The first-order chi connectivity index (χ1) is 18.9. The lowest BCUT2D eigenvalue weighted by Crippen LogP contribution is -2.24. The molecule has 6 heteroatoms. The molecule has 0 bridgehead atoms. The average molecular weight is 521 g/mol. The Labute approximate surface area is 230 Å². The van der Waals surface area contributed by atoms with Gasteiger partial charge < -0.3 is 14.7 Å². The van der Waals surface area contributed by atoms with Gasteiger partial charge in [0.1, 0.15) is 12.1 Å². The highest BCUT2D eigenvalue weighted by atomic mass is 16.1. The van der Waals surface area contributed by atoms with E-state index >= 15 is 0 Å². The molecule has 4 aromatic rings. The van der Waals surface area contributed by atoms with Crippen molar-refractivity contribution in [3.63, 3.8) is 0 Å². The third kappa shape index (κ3) is 6.61. The van der Waals surface area contributed by atoms with Crippen LogP contribution in [-0.4, -0.2) is 21.7 Å². The van der Waals surface area contributed by atoms with E-state index in [4.69, 9.17) is 4.98 Å². The van der Waals surface area contributed by atoms with Crippen molar-refractivity contribution in [2.75, 3.05) is 5.32 Å². The molecule has 0 aliphatic carbocycles. The SMILES string of the molecule is CCCCc1nc2ccc(NC(=O)CC(C)(CC)CC=O)cc2n1Cc1ccc(-c2ccccc2C#N)cc1. The largest absolute Gasteiger partial charge is 0.326 e. The van der Waals surface area contributed by atoms with Gasteiger partial charge in [0.2, 0.25) is 5.91 Å². The summed E-state index contributed by atoms with van der Waals surface area (Å²) in [6, 6.07) is 24.1. The number of amides is 1. The second-order valence-corrected chi connectivity index (χ2v) is 10.5. The molecule has 200 valence electrons. The number of nitrogens with one attached hydrogen (secondary N) is 1. The summed E-state index contributed by atoms with van der Waals surface area (Å²) in [6.07, 6.45) is 5.31. The molecule has 0 saturated carbocycles. The number of aromatic nitrogens is 2. The number of unbranched alkanes of at least 4 members (excludes halogenated alkanes) is 1. The molecular weight excluding hydrogens is 484 g/mol. The first-order valence-corrected chi connectivity index (χ1v) is 13.7. The van der Waals surface area contributed by atoms with Crippen LogP contribution < -0.4 is 5.32 Å². The second-order valence-electron chi connectivity index (χ2n) is 10.5. The summed E-state index contributed by atoms with van der Waals surface area (Å²) < 4.78 is 2.24. The van der Waals surface area contributed by atoms with Crippen LogP contribution in [0.15, 0.2) is 66.7 Å². The first kappa shape index (κ1) is 27.8. The zero-order chi connectivity index (χ0) is 27.8. The minimum atomic E-state index is -0.342. The van der Waals surface area contributed by atoms with E-state index in [0.717, 1.165) is 71.2 Å². The summed E-state index contributed by atoms with van der Waals surface area (Å²) in [6.45, 7) is 6.81. The zero-order valence-corrected chi connectivity index (χ0v) is 23.0. The number of hydrogen-bond donors (Lipinski definition) is 1. The van der Waals surface area contributed by atoms with Crippen molar-refractivity contribution in [2.24, 2.45) is 5.41 Å². The van der Waals surface area contributed by atoms with Gasteiger partial charge in [-0.05, 0) is 59.2 Å². The van der Waals surface area contributed by atoms with E-state index in [9.17, 15) is 14.9 Å². The summed E-state index contributed by atoms with van der Waals surface area (Å²) in [5.41, 5.74) is 5.99. The number of aryl methyl sites for hydroxylation is 1. The minimum absolute atomic E-state index is 0.0916. The molecule has 1 heterocycles. The average Bonchev–Trinajstić information content (AvgIpc) is 3.28. The van der Waals surface area contributed by atoms with Crippen molar-refractivity contribution in [3.8, 4) is 17.2 Å². The van der Waals surface area contributed by atoms with E-state index in [-0.39, 0.29) is 11.3 Å². The zero-order valence-electron chi connectivity index (χ0n) is 23.0. The van der Waals surface area contributed by atoms with Gasteiger partial charge in [0.15, 0.2) is 0 Å². The van der Waals surface area contributed by atoms with E-state index in [1.807, 2.05) is 56.3 Å². The van der Waals surface area contributed by atoms with E-state index in [2.05, 4.69) is 47.1 Å². The Morgan fingerprint density at radius 1 is 1.10 bits per heavy atom.